The van der Waals surface area contributed by atoms with Gasteiger partial charge in [0.1, 0.15) is 11.6 Å². The first-order valence-corrected chi connectivity index (χ1v) is 38.7. The van der Waals surface area contributed by atoms with Crippen LogP contribution in [-0.4, -0.2) is 75.9 Å². The highest BCUT2D eigenvalue weighted by atomic mass is 15.1. The molecule has 0 bridgehead atoms. The van der Waals surface area contributed by atoms with Gasteiger partial charge in [-0.25, -0.2) is 15.0 Å². The van der Waals surface area contributed by atoms with Crippen molar-refractivity contribution < 1.29 is 0 Å². The first-order chi connectivity index (χ1) is 49.1. The largest absolute Gasteiger partial charge is 0.361 e. The zero-order valence-electron chi connectivity index (χ0n) is 71.1. The van der Waals surface area contributed by atoms with Crippen LogP contribution >= 0.6 is 0 Å². The zero-order valence-corrected chi connectivity index (χ0v) is 71.1. The molecule has 2 aliphatic heterocycles. The van der Waals surface area contributed by atoms with Crippen LogP contribution in [0.4, 0.5) is 0 Å². The van der Waals surface area contributed by atoms with Crippen molar-refractivity contribution in [3.8, 4) is 0 Å². The van der Waals surface area contributed by atoms with Crippen molar-refractivity contribution in [2.75, 3.05) is 26.2 Å². The Bertz CT molecular complexity index is 4240. The summed E-state index contributed by atoms with van der Waals surface area (Å²) in [5.74, 6) is 2.05. The predicted molar refractivity (Wildman–Crippen MR) is 505 cm³/mol. The number of H-pyrrole nitrogens is 3. The molecule has 1 fully saturated rings. The van der Waals surface area contributed by atoms with E-state index >= 15 is 0 Å². The number of nitrogens with zero attached hydrogens (tertiary/aromatic N) is 7. The molecule has 13 rings (SSSR count). The van der Waals surface area contributed by atoms with Crippen LogP contribution in [0.15, 0.2) is 183 Å². The quantitative estimate of drug-likeness (QED) is 0.150. The molecular formula is C103H164N10. The summed E-state index contributed by atoms with van der Waals surface area (Å²) in [7, 11) is 0. The monoisotopic (exact) mass is 1540 g/mol. The minimum Gasteiger partial charge on any atom is -0.361 e. The van der Waals surface area contributed by atoms with Gasteiger partial charge in [-0.3, -0.25) is 19.8 Å². The highest BCUT2D eigenvalue weighted by Gasteiger charge is 2.23. The fourth-order valence-corrected chi connectivity index (χ4v) is 12.0. The smallest absolute Gasteiger partial charge is 0.177 e. The lowest BCUT2D eigenvalue weighted by Crippen LogP contribution is -2.19. The van der Waals surface area contributed by atoms with Gasteiger partial charge in [0, 0.05) is 84.6 Å². The number of rotatable bonds is 4. The summed E-state index contributed by atoms with van der Waals surface area (Å²) in [4.78, 5) is 36.7. The third-order valence-electron chi connectivity index (χ3n) is 18.7. The van der Waals surface area contributed by atoms with Gasteiger partial charge in [0.05, 0.1) is 16.6 Å². The molecule has 6 aromatic heterocycles. The minimum atomic E-state index is 0. The average Bonchev–Trinajstić information content (AvgIpc) is 1.73. The summed E-state index contributed by atoms with van der Waals surface area (Å²) in [6.07, 6.45) is 16.8. The van der Waals surface area contributed by atoms with E-state index in [0.717, 1.165) is 71.3 Å². The first kappa shape index (κ1) is 107. The second kappa shape index (κ2) is 45.7. The molecule has 10 nitrogen and oxygen atoms in total. The number of benzene rings is 5. The molecule has 2 aliphatic rings. The van der Waals surface area contributed by atoms with Gasteiger partial charge in [-0.05, 0) is 191 Å². The van der Waals surface area contributed by atoms with E-state index in [1.807, 2.05) is 44.0 Å². The lowest BCUT2D eigenvalue weighted by atomic mass is 9.86. The summed E-state index contributed by atoms with van der Waals surface area (Å²) in [6.45, 7) is 70.5. The molecular weight excluding hydrogens is 1380 g/mol. The predicted octanol–water partition coefficient (Wildman–Crippen LogP) is 29.3. The van der Waals surface area contributed by atoms with Crippen molar-refractivity contribution in [3.05, 3.63) is 267 Å². The highest BCUT2D eigenvalue weighted by molar-refractivity contribution is 5.83. The van der Waals surface area contributed by atoms with Gasteiger partial charge in [0.25, 0.3) is 0 Å². The van der Waals surface area contributed by atoms with Crippen LogP contribution < -0.4 is 0 Å². The maximum Gasteiger partial charge on any atom is 0.177 e. The number of nitrogens with one attached hydrogen (secondary N) is 3. The van der Waals surface area contributed by atoms with Crippen LogP contribution in [0.2, 0.25) is 0 Å². The van der Waals surface area contributed by atoms with Crippen LogP contribution in [0, 0.1) is 34.6 Å². The number of aromatic nitrogens is 8. The molecule has 0 unspecified atom stereocenters. The van der Waals surface area contributed by atoms with E-state index in [9.17, 15) is 0 Å². The molecule has 0 aliphatic carbocycles. The third-order valence-corrected chi connectivity index (χ3v) is 18.7. The molecule has 0 amide bonds. The van der Waals surface area contributed by atoms with Gasteiger partial charge in [0.2, 0.25) is 0 Å². The van der Waals surface area contributed by atoms with Gasteiger partial charge < -0.3 is 15.0 Å². The number of likely N-dealkylation sites (tertiary alicyclic amines) is 1. The van der Waals surface area contributed by atoms with E-state index in [1.165, 1.54) is 98.0 Å². The number of aryl methyl sites for hydroxylation is 5. The van der Waals surface area contributed by atoms with E-state index in [2.05, 4.69) is 389 Å². The molecule has 1 saturated heterocycles. The number of hydrogen-bond donors (Lipinski definition) is 3. The van der Waals surface area contributed by atoms with E-state index < -0.39 is 0 Å². The fourth-order valence-electron chi connectivity index (χ4n) is 12.0. The standard InChI is InChI=1S/C15H23N.C15H21N.C12H16N2.C12H15N.C11H15N3.C11H16.2C10H15N.7CH4/c2*1-15(2,3)14-8-6-7-13(11-14)12-16-9-4-5-10-16;1-8-5-6-9-10(7-8)14-11(13-9)12(2,3)4;1-12(2,3)10-6-4-5-9-7-8-13-11(9)10;1-7-5-8-9(12-6-7)14-10(13-8)11(2,3)4;1-9-6-5-7-10(8-9)11(2,3)4;1-8-5-9(7-11-6-8)10(2,3)4;1-8-5-6-11-9(7-8)10(2,3)4;;;;;;;/h6-8,11H,4-5,9-10,12H2,1-3H3;4-8,11H,9-10,12H2,1-3H3;5-7H,1-4H3,(H,13,14);4-8,13H,1-3H3;5-6H,1-4H3,(H,12,13,14);5-8H,1-4H3;2*5-7H,1-4H3;7*1H4. The molecule has 11 aromatic rings. The summed E-state index contributed by atoms with van der Waals surface area (Å²) in [6, 6.07) is 50.0. The van der Waals surface area contributed by atoms with Crippen LogP contribution in [0.5, 0.6) is 0 Å². The molecule has 3 N–H and O–H groups in total. The van der Waals surface area contributed by atoms with Crippen LogP contribution in [0.1, 0.15) is 315 Å². The Kier molecular flexibility index (Phi) is 43.2. The van der Waals surface area contributed by atoms with Gasteiger partial charge in [0.15, 0.2) is 5.65 Å². The topological polar surface area (TPSA) is 118 Å². The van der Waals surface area contributed by atoms with Crippen molar-refractivity contribution in [1.82, 2.24) is 49.7 Å². The van der Waals surface area contributed by atoms with Crippen molar-refractivity contribution in [2.45, 2.75) is 322 Å². The van der Waals surface area contributed by atoms with Crippen molar-refractivity contribution >= 4 is 33.1 Å². The van der Waals surface area contributed by atoms with Crippen molar-refractivity contribution in [2.24, 2.45) is 0 Å². The zero-order chi connectivity index (χ0) is 78.8. The molecule has 10 heteroatoms. The summed E-state index contributed by atoms with van der Waals surface area (Å²) in [5, 5.41) is 1.30. The molecule has 113 heavy (non-hydrogen) atoms. The van der Waals surface area contributed by atoms with Crippen molar-refractivity contribution in [3.63, 3.8) is 0 Å². The van der Waals surface area contributed by atoms with Gasteiger partial charge in [-0.15, -0.1) is 0 Å². The minimum absolute atomic E-state index is 0. The number of pyridine rings is 3. The van der Waals surface area contributed by atoms with Crippen LogP contribution in [0.25, 0.3) is 33.1 Å². The number of fused-ring (bicyclic) bond motifs is 3. The lowest BCUT2D eigenvalue weighted by molar-refractivity contribution is 0.331. The number of imidazole rings is 2. The Hall–Kier alpha value is -8.31. The summed E-state index contributed by atoms with van der Waals surface area (Å²) >= 11 is 0. The molecule has 626 valence electrons. The Morgan fingerprint density at radius 3 is 1.27 bits per heavy atom. The SMILES string of the molecule is C.C.C.C.C.C.C.CC(C)(C)c1cccc(CN2CC=CC2)c1.CC(C)(C)c1cccc(CN2CCCC2)c1.CC(C)(C)c1cccc2cc[nH]c12.Cc1ccc2nc(C(C)(C)C)[nH]c2c1.Cc1cccc(C(C)(C)C)c1.Cc1ccnc(C(C)(C)C)c1.Cc1cnc2nc(C(C)(C)C)[nH]c2c1.Cc1cncc(C(C)(C)C)c1. The maximum absolute atomic E-state index is 4.57. The second-order valence-corrected chi connectivity index (χ2v) is 37.7. The Morgan fingerprint density at radius 1 is 0.363 bits per heavy atom. The molecule has 0 saturated carbocycles. The second-order valence-electron chi connectivity index (χ2n) is 37.7. The van der Waals surface area contributed by atoms with E-state index in [4.69, 9.17) is 0 Å². The van der Waals surface area contributed by atoms with Gasteiger partial charge in [-0.1, -0.05) is 339 Å². The molecule has 8 heterocycles. The molecule has 0 radical (unpaired) electrons. The Morgan fingerprint density at radius 2 is 0.814 bits per heavy atom. The van der Waals surface area contributed by atoms with E-state index in [0.29, 0.717) is 0 Å². The third kappa shape index (κ3) is 35.5. The van der Waals surface area contributed by atoms with E-state index in [-0.39, 0.29) is 95.3 Å². The first-order valence-electron chi connectivity index (χ1n) is 38.7. The van der Waals surface area contributed by atoms with Gasteiger partial charge in [-0.2, -0.15) is 0 Å². The summed E-state index contributed by atoms with van der Waals surface area (Å²) < 4.78 is 0. The van der Waals surface area contributed by atoms with Crippen LogP contribution in [0.3, 0.4) is 0 Å². The molecule has 0 spiro atoms. The highest BCUT2D eigenvalue weighted by Crippen LogP contribution is 2.31. The van der Waals surface area contributed by atoms with Crippen molar-refractivity contribution in [1.29, 1.82) is 0 Å². The van der Waals surface area contributed by atoms with Gasteiger partial charge >= 0.3 is 0 Å². The van der Waals surface area contributed by atoms with E-state index in [1.54, 1.807) is 0 Å². The Labute approximate surface area is 693 Å². The average molecular weight is 1540 g/mol. The fraction of sp³-hybridized carbons (Fsp3) is 0.505. The van der Waals surface area contributed by atoms with Crippen LogP contribution in [-0.2, 0) is 56.4 Å². The number of aromatic amines is 3. The summed E-state index contributed by atoms with van der Waals surface area (Å²) in [5.41, 5.74) is 24.2. The number of para-hydroxylation sites is 1. The molecule has 0 atom stereocenters. The number of hydrogen-bond acceptors (Lipinski definition) is 7. The normalized spacial score (nSPS) is 12.8. The Balaban J connectivity index is 0. The maximum atomic E-state index is 4.57. The molecule has 5 aromatic carbocycles. The lowest BCUT2D eigenvalue weighted by Gasteiger charge is -2.21.